The molecule has 1 aromatic rings. The van der Waals surface area contributed by atoms with Crippen molar-refractivity contribution < 1.29 is 0 Å². The molecule has 0 fully saturated rings. The Morgan fingerprint density at radius 2 is 1.85 bits per heavy atom. The van der Waals surface area contributed by atoms with Crippen molar-refractivity contribution in [1.82, 2.24) is 0 Å². The predicted octanol–water partition coefficient (Wildman–Crippen LogP) is 2.25. The summed E-state index contributed by atoms with van der Waals surface area (Å²) in [5, 5.41) is 8.85. The standard InChI is InChI=1S/C11H12N2/c1-8-5-4-6-9(2)11(8)10(7-12)13-3/h4-6H,1-3H3/b13-10-. The van der Waals surface area contributed by atoms with Gasteiger partial charge in [0.15, 0.2) is 0 Å². The van der Waals surface area contributed by atoms with Crippen LogP contribution in [0.4, 0.5) is 0 Å². The molecule has 13 heavy (non-hydrogen) atoms. The van der Waals surface area contributed by atoms with Gasteiger partial charge in [0, 0.05) is 12.6 Å². The van der Waals surface area contributed by atoms with Gasteiger partial charge in [-0.1, -0.05) is 18.2 Å². The van der Waals surface area contributed by atoms with Crippen LogP contribution in [0.25, 0.3) is 0 Å². The van der Waals surface area contributed by atoms with E-state index < -0.39 is 0 Å². The highest BCUT2D eigenvalue weighted by Gasteiger charge is 2.07. The quantitative estimate of drug-likeness (QED) is 0.598. The summed E-state index contributed by atoms with van der Waals surface area (Å²) in [6.45, 7) is 3.98. The van der Waals surface area contributed by atoms with Gasteiger partial charge in [0.25, 0.3) is 0 Å². The molecule has 0 atom stereocenters. The van der Waals surface area contributed by atoms with Crippen LogP contribution in [-0.4, -0.2) is 12.8 Å². The highest BCUT2D eigenvalue weighted by atomic mass is 14.7. The summed E-state index contributed by atoms with van der Waals surface area (Å²) in [6.07, 6.45) is 0. The van der Waals surface area contributed by atoms with Crippen LogP contribution < -0.4 is 0 Å². The number of aryl methyl sites for hydroxylation is 2. The summed E-state index contributed by atoms with van der Waals surface area (Å²) in [5.41, 5.74) is 3.67. The van der Waals surface area contributed by atoms with Crippen LogP contribution in [0.15, 0.2) is 23.2 Å². The van der Waals surface area contributed by atoms with Crippen LogP contribution in [0.5, 0.6) is 0 Å². The first-order chi connectivity index (χ1) is 6.20. The molecule has 0 amide bonds. The van der Waals surface area contributed by atoms with Gasteiger partial charge < -0.3 is 0 Å². The van der Waals surface area contributed by atoms with Gasteiger partial charge in [-0.25, -0.2) is 0 Å². The average molecular weight is 172 g/mol. The molecule has 0 spiro atoms. The molecule has 0 aliphatic heterocycles. The van der Waals surface area contributed by atoms with Gasteiger partial charge in [0.2, 0.25) is 0 Å². The topological polar surface area (TPSA) is 36.1 Å². The van der Waals surface area contributed by atoms with Crippen molar-refractivity contribution in [2.24, 2.45) is 4.99 Å². The molecule has 0 saturated heterocycles. The lowest BCUT2D eigenvalue weighted by atomic mass is 9.99. The van der Waals surface area contributed by atoms with Crippen molar-refractivity contribution >= 4 is 5.71 Å². The molecule has 0 aromatic heterocycles. The highest BCUT2D eigenvalue weighted by Crippen LogP contribution is 2.13. The van der Waals surface area contributed by atoms with Gasteiger partial charge in [0.05, 0.1) is 0 Å². The van der Waals surface area contributed by atoms with E-state index in [2.05, 4.69) is 11.1 Å². The normalized spacial score (nSPS) is 11.1. The molecule has 0 aliphatic rings. The molecule has 66 valence electrons. The van der Waals surface area contributed by atoms with Crippen molar-refractivity contribution in [2.75, 3.05) is 7.05 Å². The summed E-state index contributed by atoms with van der Waals surface area (Å²) in [5.74, 6) is 0. The fraction of sp³-hybridized carbons (Fsp3) is 0.273. The fourth-order valence-corrected chi connectivity index (χ4v) is 1.41. The Hall–Kier alpha value is -1.62. The predicted molar refractivity (Wildman–Crippen MR) is 54.0 cm³/mol. The van der Waals surface area contributed by atoms with Crippen molar-refractivity contribution in [3.8, 4) is 6.07 Å². The van der Waals surface area contributed by atoms with E-state index in [0.29, 0.717) is 5.71 Å². The van der Waals surface area contributed by atoms with Crippen LogP contribution in [-0.2, 0) is 0 Å². The van der Waals surface area contributed by atoms with E-state index in [1.165, 1.54) is 0 Å². The lowest BCUT2D eigenvalue weighted by Gasteiger charge is -2.05. The van der Waals surface area contributed by atoms with E-state index in [1.54, 1.807) is 7.05 Å². The number of rotatable bonds is 1. The van der Waals surface area contributed by atoms with E-state index in [4.69, 9.17) is 5.26 Å². The Balaban J connectivity index is 3.38. The lowest BCUT2D eigenvalue weighted by molar-refractivity contribution is 1.33. The monoisotopic (exact) mass is 172 g/mol. The zero-order chi connectivity index (χ0) is 9.84. The van der Waals surface area contributed by atoms with Crippen LogP contribution >= 0.6 is 0 Å². The Bertz CT molecular complexity index is 363. The van der Waals surface area contributed by atoms with Crippen molar-refractivity contribution in [3.63, 3.8) is 0 Å². The molecular formula is C11H12N2. The van der Waals surface area contributed by atoms with Crippen molar-refractivity contribution in [2.45, 2.75) is 13.8 Å². The molecule has 0 bridgehead atoms. The summed E-state index contributed by atoms with van der Waals surface area (Å²) in [7, 11) is 1.64. The fourth-order valence-electron chi connectivity index (χ4n) is 1.41. The maximum atomic E-state index is 8.85. The maximum Gasteiger partial charge on any atom is 0.142 e. The Kier molecular flexibility index (Phi) is 2.81. The van der Waals surface area contributed by atoms with Crippen LogP contribution in [0, 0.1) is 25.2 Å². The first-order valence-corrected chi connectivity index (χ1v) is 4.14. The third-order valence-corrected chi connectivity index (χ3v) is 2.05. The number of aliphatic imine (C=N–C) groups is 1. The van der Waals surface area contributed by atoms with E-state index >= 15 is 0 Å². The van der Waals surface area contributed by atoms with Gasteiger partial charge in [-0.2, -0.15) is 5.26 Å². The first kappa shape index (κ1) is 9.47. The molecule has 0 unspecified atom stereocenters. The molecule has 0 radical (unpaired) electrons. The Labute approximate surface area is 78.5 Å². The minimum Gasteiger partial charge on any atom is -0.277 e. The average Bonchev–Trinajstić information content (AvgIpc) is 2.11. The van der Waals surface area contributed by atoms with Gasteiger partial charge in [0.1, 0.15) is 11.8 Å². The van der Waals surface area contributed by atoms with Crippen LogP contribution in [0.2, 0.25) is 0 Å². The minimum absolute atomic E-state index is 0.510. The molecule has 0 saturated carbocycles. The Morgan fingerprint density at radius 3 is 2.23 bits per heavy atom. The largest absolute Gasteiger partial charge is 0.277 e. The lowest BCUT2D eigenvalue weighted by Crippen LogP contribution is -2.02. The number of hydrogen-bond donors (Lipinski definition) is 0. The summed E-state index contributed by atoms with van der Waals surface area (Å²) in [6, 6.07) is 8.07. The highest BCUT2D eigenvalue weighted by molar-refractivity contribution is 6.13. The minimum atomic E-state index is 0.510. The van der Waals surface area contributed by atoms with E-state index in [1.807, 2.05) is 32.0 Å². The first-order valence-electron chi connectivity index (χ1n) is 4.14. The summed E-state index contributed by atoms with van der Waals surface area (Å²) >= 11 is 0. The molecule has 0 N–H and O–H groups in total. The third-order valence-electron chi connectivity index (χ3n) is 2.05. The zero-order valence-corrected chi connectivity index (χ0v) is 8.13. The van der Waals surface area contributed by atoms with Crippen molar-refractivity contribution in [1.29, 1.82) is 5.26 Å². The summed E-state index contributed by atoms with van der Waals surface area (Å²) in [4.78, 5) is 3.95. The third kappa shape index (κ3) is 1.75. The molecule has 1 rings (SSSR count). The second kappa shape index (κ2) is 3.86. The van der Waals surface area contributed by atoms with Crippen LogP contribution in [0.1, 0.15) is 16.7 Å². The SMILES string of the molecule is C/N=C(/C#N)c1c(C)cccc1C. The molecular weight excluding hydrogens is 160 g/mol. The molecule has 0 aliphatic carbocycles. The van der Waals surface area contributed by atoms with Crippen LogP contribution in [0.3, 0.4) is 0 Å². The number of nitrogens with zero attached hydrogens (tertiary/aromatic N) is 2. The Morgan fingerprint density at radius 1 is 1.31 bits per heavy atom. The second-order valence-electron chi connectivity index (χ2n) is 2.95. The number of benzene rings is 1. The van der Waals surface area contributed by atoms with E-state index in [0.717, 1.165) is 16.7 Å². The van der Waals surface area contributed by atoms with Gasteiger partial charge >= 0.3 is 0 Å². The number of hydrogen-bond acceptors (Lipinski definition) is 2. The molecule has 0 heterocycles. The van der Waals surface area contributed by atoms with Gasteiger partial charge in [-0.3, -0.25) is 4.99 Å². The maximum absolute atomic E-state index is 8.85. The smallest absolute Gasteiger partial charge is 0.142 e. The molecule has 2 heteroatoms. The second-order valence-corrected chi connectivity index (χ2v) is 2.95. The molecule has 1 aromatic carbocycles. The summed E-state index contributed by atoms with van der Waals surface area (Å²) < 4.78 is 0. The number of nitriles is 1. The zero-order valence-electron chi connectivity index (χ0n) is 8.13. The van der Waals surface area contributed by atoms with Gasteiger partial charge in [-0.05, 0) is 25.0 Å². The van der Waals surface area contributed by atoms with Crippen molar-refractivity contribution in [3.05, 3.63) is 34.9 Å². The van der Waals surface area contributed by atoms with Gasteiger partial charge in [-0.15, -0.1) is 0 Å². The van der Waals surface area contributed by atoms with E-state index in [-0.39, 0.29) is 0 Å². The van der Waals surface area contributed by atoms with E-state index in [9.17, 15) is 0 Å². The molecule has 2 nitrogen and oxygen atoms in total.